The lowest BCUT2D eigenvalue weighted by atomic mass is 9.97. The van der Waals surface area contributed by atoms with Crippen LogP contribution in [0.3, 0.4) is 0 Å². The van der Waals surface area contributed by atoms with E-state index in [0.717, 1.165) is 33.3 Å². The van der Waals surface area contributed by atoms with Gasteiger partial charge in [-0.3, -0.25) is 0 Å². The summed E-state index contributed by atoms with van der Waals surface area (Å²) in [6.07, 6.45) is 0. The van der Waals surface area contributed by atoms with Crippen LogP contribution in [0, 0.1) is 5.82 Å². The number of benzene rings is 5. The summed E-state index contributed by atoms with van der Waals surface area (Å²) < 4.78 is 15.0. The quantitative estimate of drug-likeness (QED) is 0.300. The van der Waals surface area contributed by atoms with Gasteiger partial charge in [0, 0.05) is 11.3 Å². The Morgan fingerprint density at radius 3 is 1.77 bits per heavy atom. The zero-order valence-electron chi connectivity index (χ0n) is 16.4. The summed E-state index contributed by atoms with van der Waals surface area (Å²) in [4.78, 5) is 2.00. The molecule has 0 radical (unpaired) electrons. The second kappa shape index (κ2) is 7.84. The molecule has 0 amide bonds. The molecule has 0 aliphatic heterocycles. The van der Waals surface area contributed by atoms with E-state index in [1.165, 1.54) is 6.07 Å². The number of fused-ring (bicyclic) bond motifs is 1. The third kappa shape index (κ3) is 3.33. The van der Waals surface area contributed by atoms with Gasteiger partial charge in [0.1, 0.15) is 5.82 Å². The van der Waals surface area contributed by atoms with E-state index in [1.54, 1.807) is 6.07 Å². The van der Waals surface area contributed by atoms with E-state index in [1.807, 2.05) is 77.7 Å². The fourth-order valence-electron chi connectivity index (χ4n) is 3.88. The van der Waals surface area contributed by atoms with Gasteiger partial charge in [-0.15, -0.1) is 0 Å². The molecule has 5 aromatic carbocycles. The summed E-state index contributed by atoms with van der Waals surface area (Å²) in [7, 11) is 0. The molecular formula is C28H20FN. The van der Waals surface area contributed by atoms with Crippen LogP contribution in [0.25, 0.3) is 21.9 Å². The van der Waals surface area contributed by atoms with Gasteiger partial charge < -0.3 is 4.90 Å². The molecule has 0 aromatic heterocycles. The van der Waals surface area contributed by atoms with Crippen LogP contribution in [0.5, 0.6) is 0 Å². The normalized spacial score (nSPS) is 10.8. The first-order valence-corrected chi connectivity index (χ1v) is 9.99. The number of anilines is 3. The minimum absolute atomic E-state index is 0.256. The second-order valence-electron chi connectivity index (χ2n) is 7.20. The molecule has 0 spiro atoms. The average Bonchev–Trinajstić information content (AvgIpc) is 2.81. The van der Waals surface area contributed by atoms with Gasteiger partial charge >= 0.3 is 0 Å². The van der Waals surface area contributed by atoms with E-state index < -0.39 is 0 Å². The predicted octanol–water partition coefficient (Wildman–Crippen LogP) is 8.12. The van der Waals surface area contributed by atoms with Crippen molar-refractivity contribution in [1.82, 2.24) is 0 Å². The Kier molecular flexibility index (Phi) is 4.74. The van der Waals surface area contributed by atoms with Crippen LogP contribution in [0.4, 0.5) is 21.5 Å². The van der Waals surface area contributed by atoms with Crippen molar-refractivity contribution in [2.45, 2.75) is 0 Å². The van der Waals surface area contributed by atoms with E-state index in [0.29, 0.717) is 5.69 Å². The molecule has 0 N–H and O–H groups in total. The molecule has 5 aromatic rings. The third-order valence-corrected chi connectivity index (χ3v) is 5.30. The van der Waals surface area contributed by atoms with Crippen LogP contribution in [-0.2, 0) is 0 Å². The van der Waals surface area contributed by atoms with Crippen LogP contribution in [-0.4, -0.2) is 0 Å². The lowest BCUT2D eigenvalue weighted by Gasteiger charge is -2.28. The van der Waals surface area contributed by atoms with E-state index in [9.17, 15) is 0 Å². The highest BCUT2D eigenvalue weighted by atomic mass is 19.1. The van der Waals surface area contributed by atoms with Crippen LogP contribution in [0.1, 0.15) is 0 Å². The fourth-order valence-corrected chi connectivity index (χ4v) is 3.88. The summed E-state index contributed by atoms with van der Waals surface area (Å²) in [5.74, 6) is -0.256. The third-order valence-electron chi connectivity index (χ3n) is 5.30. The smallest absolute Gasteiger partial charge is 0.147 e. The van der Waals surface area contributed by atoms with Crippen LogP contribution < -0.4 is 4.90 Å². The van der Waals surface area contributed by atoms with Crippen molar-refractivity contribution >= 4 is 27.8 Å². The van der Waals surface area contributed by atoms with Gasteiger partial charge in [0.15, 0.2) is 0 Å². The number of para-hydroxylation sites is 2. The summed E-state index contributed by atoms with van der Waals surface area (Å²) in [6.45, 7) is 0. The summed E-state index contributed by atoms with van der Waals surface area (Å²) in [6, 6.07) is 39.8. The van der Waals surface area contributed by atoms with Gasteiger partial charge in [0.25, 0.3) is 0 Å². The molecule has 30 heavy (non-hydrogen) atoms. The molecule has 0 saturated carbocycles. The van der Waals surface area contributed by atoms with E-state index in [2.05, 4.69) is 36.4 Å². The number of nitrogens with zero attached hydrogens (tertiary/aromatic N) is 1. The number of hydrogen-bond donors (Lipinski definition) is 0. The highest BCUT2D eigenvalue weighted by Crippen LogP contribution is 2.43. The van der Waals surface area contributed by atoms with Crippen molar-refractivity contribution in [3.8, 4) is 11.1 Å². The number of rotatable bonds is 4. The van der Waals surface area contributed by atoms with Gasteiger partial charge in [-0.2, -0.15) is 0 Å². The molecule has 0 unspecified atom stereocenters. The zero-order chi connectivity index (χ0) is 20.3. The topological polar surface area (TPSA) is 3.24 Å². The first kappa shape index (κ1) is 18.1. The first-order chi connectivity index (χ1) is 14.8. The molecule has 0 aliphatic carbocycles. The maximum Gasteiger partial charge on any atom is 0.147 e. The maximum absolute atomic E-state index is 15.0. The second-order valence-corrected chi connectivity index (χ2v) is 7.20. The first-order valence-electron chi connectivity index (χ1n) is 9.99. The highest BCUT2D eigenvalue weighted by Gasteiger charge is 2.20. The molecule has 0 saturated heterocycles. The SMILES string of the molecule is Fc1ccccc1N(c1ccccc1)c1cc2ccccc2cc1-c1ccccc1. The lowest BCUT2D eigenvalue weighted by molar-refractivity contribution is 0.629. The van der Waals surface area contributed by atoms with Crippen LogP contribution >= 0.6 is 0 Å². The molecule has 0 atom stereocenters. The Balaban J connectivity index is 1.85. The molecule has 1 nitrogen and oxygen atoms in total. The number of halogens is 1. The Labute approximate surface area is 175 Å². The fraction of sp³-hybridized carbons (Fsp3) is 0. The molecule has 2 heteroatoms. The largest absolute Gasteiger partial charge is 0.307 e. The standard InChI is InChI=1S/C28H20FN/c29-26-17-9-10-18-27(26)30(24-15-5-2-6-16-24)28-20-23-14-8-7-13-22(23)19-25(28)21-11-3-1-4-12-21/h1-20H. The van der Waals surface area contributed by atoms with Gasteiger partial charge in [0.05, 0.1) is 11.4 Å². The van der Waals surface area contributed by atoms with Crippen molar-refractivity contribution in [3.63, 3.8) is 0 Å². The van der Waals surface area contributed by atoms with Gasteiger partial charge in [-0.25, -0.2) is 4.39 Å². The molecular weight excluding hydrogens is 369 g/mol. The van der Waals surface area contributed by atoms with Crippen molar-refractivity contribution in [3.05, 3.63) is 127 Å². The van der Waals surface area contributed by atoms with Crippen LogP contribution in [0.2, 0.25) is 0 Å². The lowest BCUT2D eigenvalue weighted by Crippen LogP contribution is -2.12. The maximum atomic E-state index is 15.0. The minimum atomic E-state index is -0.256. The zero-order valence-corrected chi connectivity index (χ0v) is 16.4. The molecule has 5 rings (SSSR count). The molecule has 144 valence electrons. The summed E-state index contributed by atoms with van der Waals surface area (Å²) in [5, 5.41) is 2.27. The average molecular weight is 389 g/mol. The van der Waals surface area contributed by atoms with Crippen molar-refractivity contribution in [1.29, 1.82) is 0 Å². The van der Waals surface area contributed by atoms with E-state index in [-0.39, 0.29) is 5.82 Å². The van der Waals surface area contributed by atoms with Crippen molar-refractivity contribution in [2.24, 2.45) is 0 Å². The van der Waals surface area contributed by atoms with Crippen molar-refractivity contribution < 1.29 is 4.39 Å². The Morgan fingerprint density at radius 2 is 1.07 bits per heavy atom. The van der Waals surface area contributed by atoms with Crippen molar-refractivity contribution in [2.75, 3.05) is 4.90 Å². The minimum Gasteiger partial charge on any atom is -0.307 e. The van der Waals surface area contributed by atoms with Gasteiger partial charge in [0.2, 0.25) is 0 Å². The summed E-state index contributed by atoms with van der Waals surface area (Å²) in [5.41, 5.74) is 4.53. The highest BCUT2D eigenvalue weighted by molar-refractivity contribution is 5.98. The van der Waals surface area contributed by atoms with E-state index in [4.69, 9.17) is 0 Å². The summed E-state index contributed by atoms with van der Waals surface area (Å²) >= 11 is 0. The molecule has 0 heterocycles. The Bertz CT molecular complexity index is 1300. The monoisotopic (exact) mass is 389 g/mol. The molecule has 0 aliphatic rings. The van der Waals surface area contributed by atoms with Gasteiger partial charge in [-0.05, 0) is 52.7 Å². The van der Waals surface area contributed by atoms with E-state index >= 15 is 4.39 Å². The van der Waals surface area contributed by atoms with Gasteiger partial charge in [-0.1, -0.05) is 84.9 Å². The Hall–Kier alpha value is -3.91. The van der Waals surface area contributed by atoms with Crippen LogP contribution in [0.15, 0.2) is 121 Å². The Morgan fingerprint density at radius 1 is 0.500 bits per heavy atom. The molecule has 0 bridgehead atoms. The predicted molar refractivity (Wildman–Crippen MR) is 124 cm³/mol. The number of hydrogen-bond acceptors (Lipinski definition) is 1. The molecule has 0 fully saturated rings.